The zero-order valence-corrected chi connectivity index (χ0v) is 16.9. The van der Waals surface area contributed by atoms with Crippen molar-refractivity contribution in [2.24, 2.45) is 5.16 Å². The van der Waals surface area contributed by atoms with Crippen LogP contribution < -0.4 is 0 Å². The highest BCUT2D eigenvalue weighted by atomic mass is 32.2. The number of Topliss-reactive ketones (excluding diaryl/α,β-unsaturated/α-hetero) is 1. The summed E-state index contributed by atoms with van der Waals surface area (Å²) in [6, 6.07) is 14.1. The number of thioether (sulfide) groups is 1. The molecule has 1 N–H and O–H groups in total. The van der Waals surface area contributed by atoms with Gasteiger partial charge in [-0.25, -0.2) is 9.59 Å². The molecule has 0 aromatic heterocycles. The van der Waals surface area contributed by atoms with Crippen LogP contribution in [0.1, 0.15) is 40.1 Å². The molecule has 0 heterocycles. The molecule has 2 rings (SSSR count). The van der Waals surface area contributed by atoms with E-state index in [9.17, 15) is 14.4 Å². The maximum absolute atomic E-state index is 12.2. The highest BCUT2D eigenvalue weighted by Gasteiger charge is 2.11. The number of oxime groups is 1. The molecule has 0 spiro atoms. The summed E-state index contributed by atoms with van der Waals surface area (Å²) in [5.74, 6) is -0.680. The van der Waals surface area contributed by atoms with Crippen LogP contribution in [0.4, 0.5) is 0 Å². The number of hydrogen-bond donors (Lipinski definition) is 1. The van der Waals surface area contributed by atoms with Gasteiger partial charge in [-0.05, 0) is 36.8 Å². The van der Waals surface area contributed by atoms with Gasteiger partial charge in [-0.3, -0.25) is 4.79 Å². The highest BCUT2D eigenvalue weighted by molar-refractivity contribution is 7.98. The molecule has 152 valence electrons. The molecular formula is C21H21NO6S. The van der Waals surface area contributed by atoms with Crippen LogP contribution in [-0.2, 0) is 20.1 Å². The minimum atomic E-state index is -0.584. The zero-order valence-electron chi connectivity index (χ0n) is 16.1. The van der Waals surface area contributed by atoms with Gasteiger partial charge in [0.2, 0.25) is 5.78 Å². The van der Waals surface area contributed by atoms with Gasteiger partial charge in [0.25, 0.3) is 0 Å². The fourth-order valence-corrected chi connectivity index (χ4v) is 3.07. The third kappa shape index (κ3) is 7.17. The molecule has 2 aromatic carbocycles. The minimum absolute atomic E-state index is 0.0248. The van der Waals surface area contributed by atoms with Crippen molar-refractivity contribution in [2.45, 2.75) is 24.5 Å². The molecule has 0 atom stereocenters. The monoisotopic (exact) mass is 415 g/mol. The smallest absolute Gasteiger partial charge is 0.338 e. The normalized spacial score (nSPS) is 11.1. The van der Waals surface area contributed by atoms with Crippen molar-refractivity contribution in [1.82, 2.24) is 0 Å². The van der Waals surface area contributed by atoms with E-state index in [0.717, 1.165) is 10.5 Å². The van der Waals surface area contributed by atoms with Crippen LogP contribution in [0.5, 0.6) is 0 Å². The number of esters is 1. The number of benzene rings is 2. The van der Waals surface area contributed by atoms with Crippen LogP contribution in [-0.4, -0.2) is 41.8 Å². The van der Waals surface area contributed by atoms with E-state index in [0.29, 0.717) is 16.9 Å². The molecule has 7 nitrogen and oxygen atoms in total. The average molecular weight is 415 g/mol. The quantitative estimate of drug-likeness (QED) is 0.167. The summed E-state index contributed by atoms with van der Waals surface area (Å²) in [5, 5.41) is 12.2. The molecule has 0 aliphatic heterocycles. The van der Waals surface area contributed by atoms with Crippen LogP contribution in [0.3, 0.4) is 0 Å². The lowest BCUT2D eigenvalue weighted by Crippen LogP contribution is -2.11. The number of ketones is 1. The number of hydrogen-bond acceptors (Lipinski definition) is 8. The van der Waals surface area contributed by atoms with E-state index < -0.39 is 11.9 Å². The predicted molar refractivity (Wildman–Crippen MR) is 109 cm³/mol. The second-order valence-corrected chi connectivity index (χ2v) is 7.01. The predicted octanol–water partition coefficient (Wildman–Crippen LogP) is 3.25. The van der Waals surface area contributed by atoms with E-state index in [-0.39, 0.29) is 24.7 Å². The lowest BCUT2D eigenvalue weighted by molar-refractivity contribution is -0.140. The van der Waals surface area contributed by atoms with Crippen LogP contribution in [0.15, 0.2) is 58.6 Å². The number of aliphatic hydroxyl groups is 1. The Morgan fingerprint density at radius 1 is 0.966 bits per heavy atom. The molecule has 0 amide bonds. The topological polar surface area (TPSA) is 102 Å². The Hall–Kier alpha value is -2.97. The number of rotatable bonds is 9. The van der Waals surface area contributed by atoms with E-state index in [1.165, 1.54) is 13.8 Å². The van der Waals surface area contributed by atoms with Crippen LogP contribution >= 0.6 is 11.8 Å². The Morgan fingerprint density at radius 2 is 1.59 bits per heavy atom. The second kappa shape index (κ2) is 11.1. The fourth-order valence-electron chi connectivity index (χ4n) is 2.21. The van der Waals surface area contributed by atoms with E-state index >= 15 is 0 Å². The van der Waals surface area contributed by atoms with Crippen LogP contribution in [0.2, 0.25) is 0 Å². The Kier molecular flexibility index (Phi) is 8.57. The SMILES string of the molecule is CC(=O)O/N=C(\C)C(=O)c1ccc(CSc2ccc(C(=O)OCCO)cc2)cc1. The van der Waals surface area contributed by atoms with Crippen molar-refractivity contribution < 1.29 is 29.1 Å². The fraction of sp³-hybridized carbons (Fsp3) is 0.238. The molecule has 29 heavy (non-hydrogen) atoms. The summed E-state index contributed by atoms with van der Waals surface area (Å²) in [5.41, 5.74) is 2.00. The molecule has 0 saturated carbocycles. The Balaban J connectivity index is 1.91. The maximum atomic E-state index is 12.2. The van der Waals surface area contributed by atoms with Crippen molar-refractivity contribution in [1.29, 1.82) is 0 Å². The molecule has 0 fully saturated rings. The molecule has 0 aliphatic rings. The summed E-state index contributed by atoms with van der Waals surface area (Å²) in [7, 11) is 0. The van der Waals surface area contributed by atoms with Gasteiger partial charge in [-0.2, -0.15) is 0 Å². The average Bonchev–Trinajstić information content (AvgIpc) is 2.74. The van der Waals surface area contributed by atoms with Gasteiger partial charge in [-0.15, -0.1) is 11.8 Å². The third-order valence-corrected chi connectivity index (χ3v) is 4.76. The van der Waals surface area contributed by atoms with Gasteiger partial charge in [0, 0.05) is 23.1 Å². The number of carbonyl (C=O) groups excluding carboxylic acids is 3. The first-order valence-electron chi connectivity index (χ1n) is 8.77. The summed E-state index contributed by atoms with van der Waals surface area (Å²) >= 11 is 1.59. The first-order chi connectivity index (χ1) is 13.9. The lowest BCUT2D eigenvalue weighted by Gasteiger charge is -2.06. The van der Waals surface area contributed by atoms with Crippen LogP contribution in [0, 0.1) is 0 Å². The van der Waals surface area contributed by atoms with Crippen molar-refractivity contribution in [3.05, 3.63) is 65.2 Å². The molecule has 0 aliphatic carbocycles. The van der Waals surface area contributed by atoms with E-state index in [1.54, 1.807) is 36.0 Å². The number of ether oxygens (including phenoxy) is 1. The number of carbonyl (C=O) groups is 3. The van der Waals surface area contributed by atoms with Gasteiger partial charge in [0.1, 0.15) is 12.3 Å². The third-order valence-electron chi connectivity index (χ3n) is 3.68. The van der Waals surface area contributed by atoms with Gasteiger partial charge in [0.05, 0.1) is 12.2 Å². The Labute approximate surface area is 172 Å². The van der Waals surface area contributed by atoms with Crippen molar-refractivity contribution in [3.8, 4) is 0 Å². The highest BCUT2D eigenvalue weighted by Crippen LogP contribution is 2.23. The molecule has 0 unspecified atom stereocenters. The zero-order chi connectivity index (χ0) is 21.2. The largest absolute Gasteiger partial charge is 0.460 e. The van der Waals surface area contributed by atoms with Crippen molar-refractivity contribution in [2.75, 3.05) is 13.2 Å². The van der Waals surface area contributed by atoms with Crippen molar-refractivity contribution in [3.63, 3.8) is 0 Å². The van der Waals surface area contributed by atoms with Gasteiger partial charge in [0.15, 0.2) is 0 Å². The Bertz CT molecular complexity index is 890. The maximum Gasteiger partial charge on any atom is 0.338 e. The molecule has 8 heteroatoms. The van der Waals surface area contributed by atoms with E-state index in [2.05, 4.69) is 9.99 Å². The molecule has 2 aromatic rings. The minimum Gasteiger partial charge on any atom is -0.460 e. The van der Waals surface area contributed by atoms with E-state index in [4.69, 9.17) is 9.84 Å². The van der Waals surface area contributed by atoms with E-state index in [1.807, 2.05) is 24.3 Å². The number of nitrogens with zero attached hydrogens (tertiary/aromatic N) is 1. The standard InChI is InChI=1S/C21H21NO6S/c1-14(22-28-15(2)24)20(25)17-5-3-16(4-6-17)13-29-19-9-7-18(8-10-19)21(26)27-12-11-23/h3-10,23H,11-13H2,1-2H3/b22-14+. The first kappa shape index (κ1) is 22.3. The summed E-state index contributed by atoms with van der Waals surface area (Å²) in [6.07, 6.45) is 0. The number of aliphatic hydroxyl groups excluding tert-OH is 1. The first-order valence-corrected chi connectivity index (χ1v) is 9.76. The second-order valence-electron chi connectivity index (χ2n) is 5.96. The molecule has 0 radical (unpaired) electrons. The summed E-state index contributed by atoms with van der Waals surface area (Å²) in [6.45, 7) is 2.47. The van der Waals surface area contributed by atoms with Gasteiger partial charge in [-0.1, -0.05) is 29.4 Å². The van der Waals surface area contributed by atoms with Crippen molar-refractivity contribution >= 4 is 35.2 Å². The van der Waals surface area contributed by atoms with Crippen LogP contribution in [0.25, 0.3) is 0 Å². The molecular weight excluding hydrogens is 394 g/mol. The lowest BCUT2D eigenvalue weighted by atomic mass is 10.1. The summed E-state index contributed by atoms with van der Waals surface area (Å²) < 4.78 is 4.86. The molecule has 0 bridgehead atoms. The Morgan fingerprint density at radius 3 is 2.17 bits per heavy atom. The van der Waals surface area contributed by atoms with Gasteiger partial charge < -0.3 is 14.7 Å². The summed E-state index contributed by atoms with van der Waals surface area (Å²) in [4.78, 5) is 40.1. The van der Waals surface area contributed by atoms with Gasteiger partial charge >= 0.3 is 11.9 Å². The molecule has 0 saturated heterocycles.